The smallest absolute Gasteiger partial charge is 0.342 e. The lowest BCUT2D eigenvalue weighted by atomic mass is 9.58. The third kappa shape index (κ3) is 2.64. The van der Waals surface area contributed by atoms with E-state index in [4.69, 9.17) is 24.0 Å². The minimum absolute atomic E-state index is 0.0403. The van der Waals surface area contributed by atoms with E-state index in [1.54, 1.807) is 18.3 Å². The predicted molar refractivity (Wildman–Crippen MR) is 96.5 cm³/mol. The van der Waals surface area contributed by atoms with E-state index in [1.165, 1.54) is 6.20 Å². The number of nitrogens with zero attached hydrogens (tertiary/aromatic N) is 1. The largest absolute Gasteiger partial charge is 0.432 e. The van der Waals surface area contributed by atoms with Crippen molar-refractivity contribution in [2.45, 2.75) is 70.4 Å². The highest BCUT2D eigenvalue weighted by Gasteiger charge is 2.69. The average molecular weight is 389 g/mol. The summed E-state index contributed by atoms with van der Waals surface area (Å²) in [6, 6.07) is 3.40. The Morgan fingerprint density at radius 1 is 1.21 bits per heavy atom. The summed E-state index contributed by atoms with van der Waals surface area (Å²) in [5.74, 6) is -0.405. The average Bonchev–Trinajstić information content (AvgIpc) is 2.92. The van der Waals surface area contributed by atoms with Gasteiger partial charge in [-0.2, -0.15) is 0 Å². The van der Waals surface area contributed by atoms with E-state index in [-0.39, 0.29) is 17.8 Å². The van der Waals surface area contributed by atoms with Crippen LogP contribution in [0.15, 0.2) is 24.5 Å². The van der Waals surface area contributed by atoms with Crippen LogP contribution in [0.3, 0.4) is 0 Å². The highest BCUT2D eigenvalue weighted by Crippen LogP contribution is 2.60. The van der Waals surface area contributed by atoms with Crippen molar-refractivity contribution in [3.8, 4) is 0 Å². The summed E-state index contributed by atoms with van der Waals surface area (Å²) in [6.45, 7) is 6.22. The molecule has 7 heteroatoms. The summed E-state index contributed by atoms with van der Waals surface area (Å²) >= 11 is 0. The van der Waals surface area contributed by atoms with Crippen molar-refractivity contribution in [1.82, 2.24) is 4.98 Å². The number of esters is 1. The van der Waals surface area contributed by atoms with Crippen molar-refractivity contribution in [2.24, 2.45) is 23.7 Å². The first-order valence-corrected chi connectivity index (χ1v) is 10.2. The number of hydrogen-bond donors (Lipinski definition) is 0. The summed E-state index contributed by atoms with van der Waals surface area (Å²) in [7, 11) is 0. The lowest BCUT2D eigenvalue weighted by Crippen LogP contribution is -2.70. The molecule has 0 amide bonds. The molecule has 1 spiro atoms. The zero-order chi connectivity index (χ0) is 19.5. The van der Waals surface area contributed by atoms with Gasteiger partial charge < -0.3 is 14.2 Å². The molecule has 28 heavy (non-hydrogen) atoms. The van der Waals surface area contributed by atoms with Crippen molar-refractivity contribution in [1.29, 1.82) is 0 Å². The van der Waals surface area contributed by atoms with Gasteiger partial charge >= 0.3 is 5.97 Å². The van der Waals surface area contributed by atoms with Crippen LogP contribution in [0.4, 0.5) is 0 Å². The monoisotopic (exact) mass is 389 g/mol. The van der Waals surface area contributed by atoms with Crippen molar-refractivity contribution in [3.05, 3.63) is 30.1 Å². The van der Waals surface area contributed by atoms with Crippen molar-refractivity contribution < 1.29 is 28.8 Å². The highest BCUT2D eigenvalue weighted by atomic mass is 17.3. The fourth-order valence-electron chi connectivity index (χ4n) is 5.66. The first-order valence-electron chi connectivity index (χ1n) is 10.2. The van der Waals surface area contributed by atoms with E-state index in [0.29, 0.717) is 11.5 Å². The summed E-state index contributed by atoms with van der Waals surface area (Å²) in [5.41, 5.74) is -0.242. The van der Waals surface area contributed by atoms with Crippen LogP contribution < -0.4 is 0 Å². The number of hydrogen-bond acceptors (Lipinski definition) is 7. The first kappa shape index (κ1) is 18.5. The molecule has 4 aliphatic heterocycles. The molecule has 6 rings (SSSR count). The Kier molecular flexibility index (Phi) is 4.28. The number of carbonyl (C=O) groups is 1. The maximum absolute atomic E-state index is 12.6. The molecule has 1 saturated carbocycles. The SMILES string of the molecule is C[C@H]1[C@H](OC(=O)c2cccnc2)O[C@@H]2O[C@]3(C)CC[C@@H]4[C@H](C)CC[C@H]1[C@@]24OO3. The van der Waals surface area contributed by atoms with Crippen LogP contribution in [0.2, 0.25) is 0 Å². The maximum Gasteiger partial charge on any atom is 0.342 e. The van der Waals surface area contributed by atoms with Crippen molar-refractivity contribution in [3.63, 3.8) is 0 Å². The minimum Gasteiger partial charge on any atom is -0.432 e. The Balaban J connectivity index is 1.46. The first-order chi connectivity index (χ1) is 13.4. The van der Waals surface area contributed by atoms with Gasteiger partial charge in [0.2, 0.25) is 12.1 Å². The van der Waals surface area contributed by atoms with Crippen molar-refractivity contribution >= 4 is 5.97 Å². The molecular weight excluding hydrogens is 362 g/mol. The number of carbonyl (C=O) groups excluding carboxylic acids is 1. The van der Waals surface area contributed by atoms with Crippen LogP contribution >= 0.6 is 0 Å². The highest BCUT2D eigenvalue weighted by molar-refractivity contribution is 5.89. The summed E-state index contributed by atoms with van der Waals surface area (Å²) in [6.07, 6.45) is 5.60. The molecule has 152 valence electrons. The zero-order valence-electron chi connectivity index (χ0n) is 16.5. The molecule has 1 aromatic heterocycles. The van der Waals surface area contributed by atoms with Crippen LogP contribution in [0.1, 0.15) is 56.8 Å². The van der Waals surface area contributed by atoms with E-state index < -0.39 is 29.9 Å². The molecule has 5 aliphatic rings. The Morgan fingerprint density at radius 2 is 2.07 bits per heavy atom. The predicted octanol–water partition coefficient (Wildman–Crippen LogP) is 3.45. The fourth-order valence-corrected chi connectivity index (χ4v) is 5.66. The van der Waals surface area contributed by atoms with E-state index in [0.717, 1.165) is 25.7 Å². The Labute approximate surface area is 164 Å². The van der Waals surface area contributed by atoms with Crippen molar-refractivity contribution in [2.75, 3.05) is 0 Å². The molecule has 1 aliphatic carbocycles. The third-order valence-electron chi connectivity index (χ3n) is 7.22. The minimum atomic E-state index is -0.837. The Hall–Kier alpha value is -1.54. The van der Waals surface area contributed by atoms with Crippen LogP contribution in [0.5, 0.6) is 0 Å². The summed E-state index contributed by atoms with van der Waals surface area (Å²) in [5, 5.41) is 0. The van der Waals surface area contributed by atoms with Crippen LogP contribution in [0, 0.1) is 23.7 Å². The van der Waals surface area contributed by atoms with Gasteiger partial charge in [0, 0.05) is 30.7 Å². The number of fused-ring (bicyclic) bond motifs is 2. The lowest BCUT2D eigenvalue weighted by Gasteiger charge is -2.59. The Morgan fingerprint density at radius 3 is 2.86 bits per heavy atom. The number of ether oxygens (including phenoxy) is 3. The normalized spacial score (nSPS) is 47.1. The molecule has 2 bridgehead atoms. The second kappa shape index (κ2) is 6.49. The maximum atomic E-state index is 12.6. The standard InChI is InChI=1S/C21H27NO6/c1-12-6-7-16-13(2)18(24-17(23)14-5-4-10-22-11-14)25-19-21(16)15(12)8-9-20(3,26-19)27-28-21/h4-5,10-13,15-16,18-19H,6-9H2,1-3H3/t12-,13-,15-,16-,18-,19-,20+,21-/m1/s1. The molecule has 0 aromatic carbocycles. The molecule has 8 atom stereocenters. The molecule has 5 fully saturated rings. The lowest BCUT2D eigenvalue weighted by molar-refractivity contribution is -0.576. The molecule has 4 saturated heterocycles. The van der Waals surface area contributed by atoms with Gasteiger partial charge in [-0.3, -0.25) is 4.98 Å². The second-order valence-electron chi connectivity index (χ2n) is 8.92. The van der Waals surface area contributed by atoms with E-state index in [2.05, 4.69) is 18.8 Å². The summed E-state index contributed by atoms with van der Waals surface area (Å²) in [4.78, 5) is 28.5. The van der Waals surface area contributed by atoms with Gasteiger partial charge in [-0.15, -0.1) is 0 Å². The van der Waals surface area contributed by atoms with E-state index >= 15 is 0 Å². The third-order valence-corrected chi connectivity index (χ3v) is 7.22. The van der Waals surface area contributed by atoms with Crippen LogP contribution in [-0.4, -0.2) is 34.9 Å². The molecule has 5 heterocycles. The van der Waals surface area contributed by atoms with E-state index in [1.807, 2.05) is 6.92 Å². The number of pyridine rings is 1. The van der Waals surface area contributed by atoms with Gasteiger partial charge in [0.25, 0.3) is 0 Å². The van der Waals surface area contributed by atoms with E-state index in [9.17, 15) is 4.79 Å². The molecule has 0 radical (unpaired) electrons. The second-order valence-corrected chi connectivity index (χ2v) is 8.92. The molecule has 0 N–H and O–H groups in total. The number of aromatic nitrogens is 1. The molecule has 0 unspecified atom stereocenters. The van der Waals surface area contributed by atoms with Gasteiger partial charge in [-0.1, -0.05) is 13.8 Å². The van der Waals surface area contributed by atoms with Crippen LogP contribution in [-0.2, 0) is 24.0 Å². The topological polar surface area (TPSA) is 76.1 Å². The van der Waals surface area contributed by atoms with Gasteiger partial charge in [-0.05, 0) is 50.2 Å². The zero-order valence-corrected chi connectivity index (χ0v) is 16.5. The quantitative estimate of drug-likeness (QED) is 0.566. The fraction of sp³-hybridized carbons (Fsp3) is 0.714. The van der Waals surface area contributed by atoms with Gasteiger partial charge in [0.15, 0.2) is 11.9 Å². The molecular formula is C21H27NO6. The van der Waals surface area contributed by atoms with Gasteiger partial charge in [0.1, 0.15) is 0 Å². The summed E-state index contributed by atoms with van der Waals surface area (Å²) < 4.78 is 18.3. The number of rotatable bonds is 2. The van der Waals surface area contributed by atoms with Gasteiger partial charge in [-0.25, -0.2) is 14.6 Å². The van der Waals surface area contributed by atoms with Gasteiger partial charge in [0.05, 0.1) is 5.56 Å². The van der Waals surface area contributed by atoms with Crippen LogP contribution in [0.25, 0.3) is 0 Å². The molecule has 7 nitrogen and oxygen atoms in total. The molecule has 1 aromatic rings. The Bertz CT molecular complexity index is 759.